The largest absolute Gasteiger partial charge is 0.497 e. The number of hydrogen-bond acceptors (Lipinski definition) is 4. The number of carbonyl (C=O) groups is 1. The van der Waals surface area contributed by atoms with Crippen LogP contribution in [0, 0.1) is 0 Å². The summed E-state index contributed by atoms with van der Waals surface area (Å²) in [5, 5.41) is 0. The van der Waals surface area contributed by atoms with Crippen molar-refractivity contribution in [2.75, 3.05) is 21.3 Å². The van der Waals surface area contributed by atoms with Crippen LogP contribution in [0.15, 0.2) is 18.2 Å². The predicted molar refractivity (Wildman–Crippen MR) is 61.2 cm³/mol. The molecular weight excluding hydrogens is 208 g/mol. The van der Waals surface area contributed by atoms with Crippen LogP contribution in [0.25, 0.3) is 6.08 Å². The molecule has 0 bridgehead atoms. The van der Waals surface area contributed by atoms with Gasteiger partial charge in [-0.25, -0.2) is 0 Å². The molecule has 4 heteroatoms. The number of rotatable bonds is 5. The van der Waals surface area contributed by atoms with E-state index in [4.69, 9.17) is 14.2 Å². The van der Waals surface area contributed by atoms with Crippen molar-refractivity contribution in [2.45, 2.75) is 0 Å². The highest BCUT2D eigenvalue weighted by Crippen LogP contribution is 2.36. The van der Waals surface area contributed by atoms with Gasteiger partial charge in [0.2, 0.25) is 0 Å². The van der Waals surface area contributed by atoms with Crippen LogP contribution in [0.3, 0.4) is 0 Å². The van der Waals surface area contributed by atoms with Gasteiger partial charge in [-0.2, -0.15) is 0 Å². The predicted octanol–water partition coefficient (Wildman–Crippen LogP) is 1.92. The third-order valence-electron chi connectivity index (χ3n) is 2.07. The molecule has 0 N–H and O–H groups in total. The summed E-state index contributed by atoms with van der Waals surface area (Å²) in [5.41, 5.74) is 0.728. The zero-order valence-electron chi connectivity index (χ0n) is 9.52. The summed E-state index contributed by atoms with van der Waals surface area (Å²) in [6, 6.07) is 3.48. The monoisotopic (exact) mass is 222 g/mol. The second-order valence-corrected chi connectivity index (χ2v) is 2.95. The number of benzene rings is 1. The molecule has 0 aliphatic carbocycles. The maximum atomic E-state index is 10.3. The number of allylic oxidation sites excluding steroid dienone is 1. The van der Waals surface area contributed by atoms with Crippen molar-refractivity contribution in [3.63, 3.8) is 0 Å². The first-order valence-electron chi connectivity index (χ1n) is 4.68. The van der Waals surface area contributed by atoms with Gasteiger partial charge in [0.1, 0.15) is 12.0 Å². The lowest BCUT2D eigenvalue weighted by molar-refractivity contribution is -0.104. The highest BCUT2D eigenvalue weighted by Gasteiger charge is 2.10. The summed E-state index contributed by atoms with van der Waals surface area (Å²) in [5.74, 6) is 1.77. The minimum Gasteiger partial charge on any atom is -0.497 e. The molecule has 0 atom stereocenters. The van der Waals surface area contributed by atoms with Crippen LogP contribution in [0.5, 0.6) is 17.2 Å². The van der Waals surface area contributed by atoms with Crippen molar-refractivity contribution in [2.24, 2.45) is 0 Å². The summed E-state index contributed by atoms with van der Waals surface area (Å²) in [4.78, 5) is 10.3. The number of methoxy groups -OCH3 is 3. The third kappa shape index (κ3) is 2.53. The maximum Gasteiger partial charge on any atom is 0.168 e. The molecular formula is C12H14O4. The first-order chi connectivity index (χ1) is 7.76. The molecule has 1 rings (SSSR count). The molecule has 0 saturated heterocycles. The summed E-state index contributed by atoms with van der Waals surface area (Å²) in [6.07, 6.45) is 3.72. The second kappa shape index (κ2) is 5.80. The number of carbonyl (C=O) groups excluding carboxylic acids is 1. The molecule has 0 saturated carbocycles. The van der Waals surface area contributed by atoms with Crippen molar-refractivity contribution in [1.29, 1.82) is 0 Å². The Labute approximate surface area is 94.4 Å². The van der Waals surface area contributed by atoms with Gasteiger partial charge in [-0.1, -0.05) is 0 Å². The lowest BCUT2D eigenvalue weighted by atomic mass is 10.1. The Morgan fingerprint density at radius 2 is 1.81 bits per heavy atom. The van der Waals surface area contributed by atoms with Crippen LogP contribution in [-0.2, 0) is 4.79 Å². The van der Waals surface area contributed by atoms with E-state index in [9.17, 15) is 4.79 Å². The van der Waals surface area contributed by atoms with E-state index in [0.717, 1.165) is 5.56 Å². The first-order valence-corrected chi connectivity index (χ1v) is 4.68. The Bertz CT molecular complexity index is 396. The zero-order valence-corrected chi connectivity index (χ0v) is 9.52. The fourth-order valence-electron chi connectivity index (χ4n) is 1.35. The van der Waals surface area contributed by atoms with Crippen LogP contribution in [0.2, 0.25) is 0 Å². The molecule has 86 valence electrons. The molecule has 0 spiro atoms. The van der Waals surface area contributed by atoms with Crippen LogP contribution < -0.4 is 14.2 Å². The number of ether oxygens (including phenoxy) is 3. The smallest absolute Gasteiger partial charge is 0.168 e. The molecule has 1 aromatic rings. The molecule has 0 aliphatic rings. The van der Waals surface area contributed by atoms with E-state index >= 15 is 0 Å². The van der Waals surface area contributed by atoms with Gasteiger partial charge in [-0.3, -0.25) is 4.79 Å². The molecule has 0 aliphatic heterocycles. The quantitative estimate of drug-likeness (QED) is 0.564. The SMILES string of the molecule is COc1cc(/C=C/C=O)c(OC)c(OC)c1. The summed E-state index contributed by atoms with van der Waals surface area (Å²) < 4.78 is 15.5. The summed E-state index contributed by atoms with van der Waals surface area (Å²) >= 11 is 0. The van der Waals surface area contributed by atoms with Crippen LogP contribution in [0.1, 0.15) is 5.56 Å². The van der Waals surface area contributed by atoms with Crippen molar-refractivity contribution in [3.8, 4) is 17.2 Å². The van der Waals surface area contributed by atoms with Gasteiger partial charge in [-0.15, -0.1) is 0 Å². The van der Waals surface area contributed by atoms with Gasteiger partial charge >= 0.3 is 0 Å². The van der Waals surface area contributed by atoms with Gasteiger partial charge in [0, 0.05) is 11.6 Å². The van der Waals surface area contributed by atoms with Gasteiger partial charge < -0.3 is 14.2 Å². The van der Waals surface area contributed by atoms with E-state index in [1.54, 1.807) is 39.5 Å². The first kappa shape index (κ1) is 12.1. The normalized spacial score (nSPS) is 10.2. The van der Waals surface area contributed by atoms with Gasteiger partial charge in [0.05, 0.1) is 21.3 Å². The van der Waals surface area contributed by atoms with Gasteiger partial charge in [0.25, 0.3) is 0 Å². The lowest BCUT2D eigenvalue weighted by Gasteiger charge is -2.12. The van der Waals surface area contributed by atoms with Crippen molar-refractivity contribution < 1.29 is 19.0 Å². The van der Waals surface area contributed by atoms with E-state index < -0.39 is 0 Å². The average molecular weight is 222 g/mol. The Morgan fingerprint density at radius 1 is 1.06 bits per heavy atom. The van der Waals surface area contributed by atoms with Crippen molar-refractivity contribution >= 4 is 12.4 Å². The van der Waals surface area contributed by atoms with Crippen LogP contribution >= 0.6 is 0 Å². The highest BCUT2D eigenvalue weighted by atomic mass is 16.5. The molecule has 1 aromatic carbocycles. The maximum absolute atomic E-state index is 10.3. The number of aldehydes is 1. The Morgan fingerprint density at radius 3 is 2.31 bits per heavy atom. The van der Waals surface area contributed by atoms with Crippen molar-refractivity contribution in [1.82, 2.24) is 0 Å². The minimum atomic E-state index is 0.562. The van der Waals surface area contributed by atoms with Gasteiger partial charge in [-0.05, 0) is 18.2 Å². The summed E-state index contributed by atoms with van der Waals surface area (Å²) in [6.45, 7) is 0. The van der Waals surface area contributed by atoms with Crippen LogP contribution in [-0.4, -0.2) is 27.6 Å². The molecule has 0 aromatic heterocycles. The topological polar surface area (TPSA) is 44.8 Å². The summed E-state index contributed by atoms with van der Waals surface area (Å²) in [7, 11) is 4.65. The fraction of sp³-hybridized carbons (Fsp3) is 0.250. The molecule has 16 heavy (non-hydrogen) atoms. The standard InChI is InChI=1S/C12H14O4/c1-14-10-7-9(5-4-6-13)12(16-3)11(8-10)15-2/h4-8H,1-3H3/b5-4+. The van der Waals surface area contributed by atoms with E-state index in [2.05, 4.69) is 0 Å². The molecule has 0 heterocycles. The van der Waals surface area contributed by atoms with Crippen LogP contribution in [0.4, 0.5) is 0 Å². The van der Waals surface area contributed by atoms with Crippen molar-refractivity contribution in [3.05, 3.63) is 23.8 Å². The van der Waals surface area contributed by atoms with E-state index in [0.29, 0.717) is 23.5 Å². The Hall–Kier alpha value is -1.97. The molecule has 0 radical (unpaired) electrons. The van der Waals surface area contributed by atoms with E-state index in [1.807, 2.05) is 0 Å². The fourth-order valence-corrected chi connectivity index (χ4v) is 1.35. The number of hydrogen-bond donors (Lipinski definition) is 0. The highest BCUT2D eigenvalue weighted by molar-refractivity contribution is 5.77. The molecule has 0 fully saturated rings. The Kier molecular flexibility index (Phi) is 4.39. The minimum absolute atomic E-state index is 0.562. The van der Waals surface area contributed by atoms with Gasteiger partial charge in [0.15, 0.2) is 11.5 Å². The van der Waals surface area contributed by atoms with E-state index in [-0.39, 0.29) is 0 Å². The molecule has 0 unspecified atom stereocenters. The molecule has 4 nitrogen and oxygen atoms in total. The van der Waals surface area contributed by atoms with E-state index in [1.165, 1.54) is 6.08 Å². The average Bonchev–Trinajstić information content (AvgIpc) is 2.34. The second-order valence-electron chi connectivity index (χ2n) is 2.95. The lowest BCUT2D eigenvalue weighted by Crippen LogP contribution is -1.95. The third-order valence-corrected chi connectivity index (χ3v) is 2.07. The Balaban J connectivity index is 3.30. The molecule has 0 amide bonds. The zero-order chi connectivity index (χ0) is 12.0.